The minimum atomic E-state index is -0.0980. The second-order valence-electron chi connectivity index (χ2n) is 6.92. The van der Waals surface area contributed by atoms with E-state index in [-0.39, 0.29) is 17.9 Å². The number of likely N-dealkylation sites (tertiary alicyclic amines) is 1. The van der Waals surface area contributed by atoms with Gasteiger partial charge in [0.1, 0.15) is 5.75 Å². The van der Waals surface area contributed by atoms with Crippen molar-refractivity contribution in [1.82, 2.24) is 15.0 Å². The van der Waals surface area contributed by atoms with Crippen LogP contribution in [0.1, 0.15) is 43.7 Å². The van der Waals surface area contributed by atoms with E-state index >= 15 is 0 Å². The Labute approximate surface area is 164 Å². The van der Waals surface area contributed by atoms with Crippen molar-refractivity contribution in [1.29, 1.82) is 0 Å². The number of carbonyl (C=O) groups is 1. The summed E-state index contributed by atoms with van der Waals surface area (Å²) in [6.07, 6.45) is 0.381. The van der Waals surface area contributed by atoms with Crippen molar-refractivity contribution in [2.45, 2.75) is 32.2 Å². The van der Waals surface area contributed by atoms with Gasteiger partial charge in [-0.15, -0.1) is 0 Å². The molecule has 0 aliphatic carbocycles. The Kier molecular flexibility index (Phi) is 5.10. The molecule has 0 bridgehead atoms. The van der Waals surface area contributed by atoms with Crippen molar-refractivity contribution in [2.24, 2.45) is 0 Å². The van der Waals surface area contributed by atoms with Gasteiger partial charge >= 0.3 is 0 Å². The van der Waals surface area contributed by atoms with Crippen LogP contribution in [-0.4, -0.2) is 34.1 Å². The number of para-hydroxylation sites is 1. The largest absolute Gasteiger partial charge is 0.493 e. The van der Waals surface area contributed by atoms with Gasteiger partial charge in [0, 0.05) is 13.0 Å². The third-order valence-electron chi connectivity index (χ3n) is 5.13. The predicted octanol–water partition coefficient (Wildman–Crippen LogP) is 4.21. The molecule has 1 aliphatic rings. The first-order valence-corrected chi connectivity index (χ1v) is 9.57. The van der Waals surface area contributed by atoms with E-state index in [1.807, 2.05) is 73.3 Å². The number of carbonyl (C=O) groups excluding carboxylic acids is 1. The highest BCUT2D eigenvalue weighted by Gasteiger charge is 2.37. The fourth-order valence-electron chi connectivity index (χ4n) is 3.63. The van der Waals surface area contributed by atoms with Gasteiger partial charge in [-0.2, -0.15) is 4.98 Å². The van der Waals surface area contributed by atoms with Crippen LogP contribution in [0.4, 0.5) is 0 Å². The van der Waals surface area contributed by atoms with E-state index in [0.29, 0.717) is 31.3 Å². The Bertz CT molecular complexity index is 954. The second-order valence-corrected chi connectivity index (χ2v) is 6.92. The maximum atomic E-state index is 12.6. The van der Waals surface area contributed by atoms with E-state index in [1.54, 1.807) is 0 Å². The molecule has 1 aliphatic heterocycles. The average Bonchev–Trinajstić information content (AvgIpc) is 3.36. The van der Waals surface area contributed by atoms with Crippen LogP contribution in [0.15, 0.2) is 59.1 Å². The topological polar surface area (TPSA) is 68.5 Å². The first-order chi connectivity index (χ1) is 13.7. The van der Waals surface area contributed by atoms with Crippen LogP contribution >= 0.6 is 0 Å². The summed E-state index contributed by atoms with van der Waals surface area (Å²) >= 11 is 0. The summed E-state index contributed by atoms with van der Waals surface area (Å²) in [4.78, 5) is 19.1. The van der Waals surface area contributed by atoms with Gasteiger partial charge in [-0.05, 0) is 31.5 Å². The Hall–Kier alpha value is -3.15. The highest BCUT2D eigenvalue weighted by Crippen LogP contribution is 2.35. The molecular formula is C22H23N3O3. The lowest BCUT2D eigenvalue weighted by Gasteiger charge is -2.24. The molecule has 1 fully saturated rings. The minimum absolute atomic E-state index is 0.0137. The standard InChI is InChI=1S/C22H23N3O3/c1-3-27-19-12-8-7-11-18(19)21-23-22(28-24-21)17-13-20(26)25(14-17)15(2)16-9-5-4-6-10-16/h4-12,15,17H,3,13-14H2,1-2H3. The molecule has 144 valence electrons. The Balaban J connectivity index is 1.53. The van der Waals surface area contributed by atoms with Crippen LogP contribution in [0.5, 0.6) is 5.75 Å². The zero-order valence-electron chi connectivity index (χ0n) is 16.0. The van der Waals surface area contributed by atoms with Crippen LogP contribution in [0.2, 0.25) is 0 Å². The minimum Gasteiger partial charge on any atom is -0.493 e. The summed E-state index contributed by atoms with van der Waals surface area (Å²) in [5.41, 5.74) is 1.91. The maximum Gasteiger partial charge on any atom is 0.232 e. The Morgan fingerprint density at radius 3 is 2.71 bits per heavy atom. The van der Waals surface area contributed by atoms with Crippen molar-refractivity contribution in [3.05, 3.63) is 66.1 Å². The Morgan fingerprint density at radius 2 is 1.93 bits per heavy atom. The molecule has 1 aromatic heterocycles. The zero-order chi connectivity index (χ0) is 19.5. The number of hydrogen-bond acceptors (Lipinski definition) is 5. The normalized spacial score (nSPS) is 17.7. The van der Waals surface area contributed by atoms with Crippen LogP contribution in [0.3, 0.4) is 0 Å². The van der Waals surface area contributed by atoms with Crippen molar-refractivity contribution < 1.29 is 14.1 Å². The molecule has 0 saturated carbocycles. The van der Waals surface area contributed by atoms with E-state index in [9.17, 15) is 4.79 Å². The molecule has 0 N–H and O–H groups in total. The molecule has 0 spiro atoms. The van der Waals surface area contributed by atoms with E-state index in [0.717, 1.165) is 16.9 Å². The monoisotopic (exact) mass is 377 g/mol. The third-order valence-corrected chi connectivity index (χ3v) is 5.13. The molecule has 1 amide bonds. The molecule has 3 aromatic rings. The fraction of sp³-hybridized carbons (Fsp3) is 0.318. The van der Waals surface area contributed by atoms with Gasteiger partial charge in [0.05, 0.1) is 24.1 Å². The van der Waals surface area contributed by atoms with Crippen LogP contribution in [-0.2, 0) is 4.79 Å². The number of nitrogens with zero attached hydrogens (tertiary/aromatic N) is 3. The molecule has 2 unspecified atom stereocenters. The highest BCUT2D eigenvalue weighted by atomic mass is 16.5. The average molecular weight is 377 g/mol. The van der Waals surface area contributed by atoms with Gasteiger partial charge in [0.25, 0.3) is 0 Å². The number of aromatic nitrogens is 2. The van der Waals surface area contributed by atoms with E-state index < -0.39 is 0 Å². The molecule has 1 saturated heterocycles. The fourth-order valence-corrected chi connectivity index (χ4v) is 3.63. The van der Waals surface area contributed by atoms with Crippen molar-refractivity contribution in [3.8, 4) is 17.1 Å². The van der Waals surface area contributed by atoms with Gasteiger partial charge < -0.3 is 14.2 Å². The number of benzene rings is 2. The van der Waals surface area contributed by atoms with Gasteiger partial charge in [0.15, 0.2) is 0 Å². The molecule has 6 heteroatoms. The number of ether oxygens (including phenoxy) is 1. The van der Waals surface area contributed by atoms with Gasteiger partial charge in [-0.3, -0.25) is 4.79 Å². The molecule has 6 nitrogen and oxygen atoms in total. The lowest BCUT2D eigenvalue weighted by atomic mass is 10.1. The summed E-state index contributed by atoms with van der Waals surface area (Å²) in [6, 6.07) is 17.7. The van der Waals surface area contributed by atoms with Crippen LogP contribution < -0.4 is 4.74 Å². The SMILES string of the molecule is CCOc1ccccc1-c1noc(C2CC(=O)N(C(C)c3ccccc3)C2)n1. The lowest BCUT2D eigenvalue weighted by Crippen LogP contribution is -2.28. The predicted molar refractivity (Wildman–Crippen MR) is 105 cm³/mol. The summed E-state index contributed by atoms with van der Waals surface area (Å²) < 4.78 is 11.2. The maximum absolute atomic E-state index is 12.6. The van der Waals surface area contributed by atoms with Crippen LogP contribution in [0.25, 0.3) is 11.4 Å². The molecule has 0 radical (unpaired) electrons. The number of amides is 1. The molecule has 2 heterocycles. The lowest BCUT2D eigenvalue weighted by molar-refractivity contribution is -0.129. The first kappa shape index (κ1) is 18.2. The zero-order valence-corrected chi connectivity index (χ0v) is 16.0. The van der Waals surface area contributed by atoms with E-state index in [2.05, 4.69) is 10.1 Å². The molecule has 28 heavy (non-hydrogen) atoms. The third kappa shape index (κ3) is 3.50. The van der Waals surface area contributed by atoms with Gasteiger partial charge in [-0.1, -0.05) is 47.6 Å². The van der Waals surface area contributed by atoms with Crippen LogP contribution in [0, 0.1) is 0 Å². The van der Waals surface area contributed by atoms with Crippen molar-refractivity contribution in [3.63, 3.8) is 0 Å². The number of rotatable bonds is 6. The van der Waals surface area contributed by atoms with Crippen molar-refractivity contribution >= 4 is 5.91 Å². The molecule has 2 atom stereocenters. The summed E-state index contributed by atoms with van der Waals surface area (Å²) in [7, 11) is 0. The second kappa shape index (κ2) is 7.84. The summed E-state index contributed by atoms with van der Waals surface area (Å²) in [6.45, 7) is 5.12. The highest BCUT2D eigenvalue weighted by molar-refractivity contribution is 5.80. The molecular weight excluding hydrogens is 354 g/mol. The summed E-state index contributed by atoms with van der Waals surface area (Å²) in [5, 5.41) is 4.13. The smallest absolute Gasteiger partial charge is 0.232 e. The van der Waals surface area contributed by atoms with E-state index in [4.69, 9.17) is 9.26 Å². The quantitative estimate of drug-likeness (QED) is 0.644. The molecule has 2 aromatic carbocycles. The van der Waals surface area contributed by atoms with E-state index in [1.165, 1.54) is 0 Å². The first-order valence-electron chi connectivity index (χ1n) is 9.57. The number of hydrogen-bond donors (Lipinski definition) is 0. The Morgan fingerprint density at radius 1 is 1.18 bits per heavy atom. The summed E-state index contributed by atoms with van der Waals surface area (Å²) in [5.74, 6) is 1.72. The van der Waals surface area contributed by atoms with Gasteiger partial charge in [-0.25, -0.2) is 0 Å². The van der Waals surface area contributed by atoms with Gasteiger partial charge in [0.2, 0.25) is 17.6 Å². The van der Waals surface area contributed by atoms with Crippen molar-refractivity contribution in [2.75, 3.05) is 13.2 Å². The molecule has 4 rings (SSSR count).